The van der Waals surface area contributed by atoms with Gasteiger partial charge in [0.1, 0.15) is 11.8 Å². The number of anilines is 1. The molecule has 0 spiro atoms. The first-order valence-corrected chi connectivity index (χ1v) is 14.5. The van der Waals surface area contributed by atoms with Crippen molar-refractivity contribution >= 4 is 39.9 Å². The number of rotatable bonds is 7. The Bertz CT molecular complexity index is 1520. The van der Waals surface area contributed by atoms with Gasteiger partial charge in [-0.15, -0.1) is 0 Å². The average Bonchev–Trinajstić information content (AvgIpc) is 3.78. The highest BCUT2D eigenvalue weighted by Crippen LogP contribution is 2.34. The van der Waals surface area contributed by atoms with Gasteiger partial charge in [-0.1, -0.05) is 12.1 Å². The number of nitrogens with zero attached hydrogens (tertiary/aromatic N) is 6. The standard InChI is InChI=1S/C29H38N8O4/c1-34-10-12-35(13-11-34)16-19-4-9-22-23(14-19)26(38)37(20-5-7-21(8-6-20)41-28(31)40)25-24(22)15-32-29(33-25)36(27(30)39)17-18-2-3-18/h4,9,14-15,18,20-21H,2-3,5-8,10-13,16-17H2,1H3,(H2,30,39)(H2,31,40)/t20-,21-. The molecule has 1 aromatic carbocycles. The molecule has 1 saturated heterocycles. The minimum atomic E-state index is -0.783. The van der Waals surface area contributed by atoms with Crippen LogP contribution in [0.15, 0.2) is 29.2 Å². The first-order chi connectivity index (χ1) is 19.8. The van der Waals surface area contributed by atoms with Crippen LogP contribution in [0.25, 0.3) is 21.8 Å². The predicted molar refractivity (Wildman–Crippen MR) is 156 cm³/mol. The molecular formula is C29H38N8O4. The van der Waals surface area contributed by atoms with Gasteiger partial charge in [0, 0.05) is 62.3 Å². The van der Waals surface area contributed by atoms with Gasteiger partial charge in [0.2, 0.25) is 5.95 Å². The lowest BCUT2D eigenvalue weighted by atomic mass is 9.92. The van der Waals surface area contributed by atoms with Crippen LogP contribution in [0.4, 0.5) is 15.5 Å². The minimum absolute atomic E-state index is 0.121. The molecule has 1 aliphatic heterocycles. The van der Waals surface area contributed by atoms with E-state index in [9.17, 15) is 14.4 Å². The molecule has 12 heteroatoms. The maximum absolute atomic E-state index is 14.3. The zero-order valence-electron chi connectivity index (χ0n) is 23.5. The lowest BCUT2D eigenvalue weighted by Crippen LogP contribution is -2.43. The summed E-state index contributed by atoms with van der Waals surface area (Å²) in [5, 5.41) is 2.16. The number of piperazine rings is 1. The number of fused-ring (bicyclic) bond motifs is 3. The van der Waals surface area contributed by atoms with Gasteiger partial charge in [0.15, 0.2) is 0 Å². The van der Waals surface area contributed by atoms with Crippen LogP contribution in [0, 0.1) is 5.92 Å². The SMILES string of the molecule is CN1CCN(Cc2ccc3c(c2)c(=O)n([C@H]2CC[C@H](OC(N)=O)CC2)c2nc(N(CC4CC4)C(N)=O)ncc32)CC1. The summed E-state index contributed by atoms with van der Waals surface area (Å²) in [7, 11) is 2.14. The summed E-state index contributed by atoms with van der Waals surface area (Å²) < 4.78 is 7.00. The maximum atomic E-state index is 14.3. The Morgan fingerprint density at radius 1 is 1.00 bits per heavy atom. The average molecular weight is 563 g/mol. The summed E-state index contributed by atoms with van der Waals surface area (Å²) in [5.74, 6) is 0.599. The van der Waals surface area contributed by atoms with Gasteiger partial charge in [-0.2, -0.15) is 4.98 Å². The Hall–Kier alpha value is -3.77. The number of aromatic nitrogens is 3. The predicted octanol–water partition coefficient (Wildman–Crippen LogP) is 2.57. The van der Waals surface area contributed by atoms with E-state index in [4.69, 9.17) is 21.2 Å². The largest absolute Gasteiger partial charge is 0.446 e. The molecule has 0 atom stereocenters. The molecule has 3 heterocycles. The van der Waals surface area contributed by atoms with Crippen LogP contribution < -0.4 is 21.9 Å². The first-order valence-electron chi connectivity index (χ1n) is 14.5. The number of pyridine rings is 1. The van der Waals surface area contributed by atoms with Gasteiger partial charge in [-0.05, 0) is 68.5 Å². The number of primary amides is 2. The fourth-order valence-electron chi connectivity index (χ4n) is 6.21. The second kappa shape index (κ2) is 11.2. The molecule has 0 unspecified atom stereocenters. The molecule has 2 aliphatic carbocycles. The molecular weight excluding hydrogens is 524 g/mol. The third-order valence-electron chi connectivity index (χ3n) is 8.75. The molecule has 0 bridgehead atoms. The molecule has 3 fully saturated rings. The fraction of sp³-hybridized carbons (Fsp3) is 0.552. The Morgan fingerprint density at radius 2 is 1.73 bits per heavy atom. The highest BCUT2D eigenvalue weighted by Gasteiger charge is 2.30. The van der Waals surface area contributed by atoms with Crippen molar-refractivity contribution in [3.8, 4) is 0 Å². The van der Waals surface area contributed by atoms with E-state index in [1.807, 2.05) is 12.1 Å². The number of hydrogen-bond acceptors (Lipinski definition) is 8. The van der Waals surface area contributed by atoms with E-state index < -0.39 is 12.1 Å². The van der Waals surface area contributed by atoms with E-state index in [1.165, 1.54) is 4.90 Å². The molecule has 0 radical (unpaired) electrons. The van der Waals surface area contributed by atoms with Gasteiger partial charge in [0.05, 0.1) is 0 Å². The molecule has 3 amide bonds. The summed E-state index contributed by atoms with van der Waals surface area (Å²) in [5.41, 5.74) is 12.4. The number of hydrogen-bond donors (Lipinski definition) is 2. The molecule has 12 nitrogen and oxygen atoms in total. The minimum Gasteiger partial charge on any atom is -0.446 e. The van der Waals surface area contributed by atoms with Gasteiger partial charge < -0.3 is 21.1 Å². The van der Waals surface area contributed by atoms with Crippen molar-refractivity contribution < 1.29 is 14.3 Å². The lowest BCUT2D eigenvalue weighted by Gasteiger charge is -2.32. The van der Waals surface area contributed by atoms with Crippen molar-refractivity contribution in [1.82, 2.24) is 24.3 Å². The highest BCUT2D eigenvalue weighted by atomic mass is 16.6. The van der Waals surface area contributed by atoms with Crippen LogP contribution in [-0.4, -0.2) is 82.3 Å². The lowest BCUT2D eigenvalue weighted by molar-refractivity contribution is 0.0724. The number of amides is 3. The van der Waals surface area contributed by atoms with Crippen LogP contribution in [-0.2, 0) is 11.3 Å². The van der Waals surface area contributed by atoms with Crippen molar-refractivity contribution in [1.29, 1.82) is 0 Å². The molecule has 2 aromatic heterocycles. The van der Waals surface area contributed by atoms with E-state index in [1.54, 1.807) is 10.8 Å². The summed E-state index contributed by atoms with van der Waals surface area (Å²) in [6.45, 7) is 5.26. The zero-order chi connectivity index (χ0) is 28.7. The number of nitrogens with two attached hydrogens (primary N) is 2. The molecule has 41 heavy (non-hydrogen) atoms. The number of benzene rings is 1. The maximum Gasteiger partial charge on any atom is 0.404 e. The Labute approximate surface area is 238 Å². The Morgan fingerprint density at radius 3 is 2.39 bits per heavy atom. The van der Waals surface area contributed by atoms with E-state index >= 15 is 0 Å². The molecule has 3 aliphatic rings. The Balaban J connectivity index is 1.42. The zero-order valence-corrected chi connectivity index (χ0v) is 23.5. The van der Waals surface area contributed by atoms with Gasteiger partial charge in [-0.3, -0.25) is 19.2 Å². The molecule has 4 N–H and O–H groups in total. The second-order valence-electron chi connectivity index (χ2n) is 11.8. The van der Waals surface area contributed by atoms with Crippen molar-refractivity contribution in [2.45, 2.75) is 57.2 Å². The van der Waals surface area contributed by atoms with Crippen molar-refractivity contribution in [2.75, 3.05) is 44.7 Å². The van der Waals surface area contributed by atoms with Crippen LogP contribution in [0.2, 0.25) is 0 Å². The second-order valence-corrected chi connectivity index (χ2v) is 11.8. The number of carbonyl (C=O) groups excluding carboxylic acids is 2. The molecule has 2 saturated carbocycles. The van der Waals surface area contributed by atoms with E-state index in [0.29, 0.717) is 49.2 Å². The molecule has 218 valence electrons. The van der Waals surface area contributed by atoms with Crippen LogP contribution in [0.1, 0.15) is 50.1 Å². The third-order valence-corrected chi connectivity index (χ3v) is 8.75. The van der Waals surface area contributed by atoms with E-state index in [0.717, 1.165) is 61.9 Å². The number of ether oxygens (including phenoxy) is 1. The van der Waals surface area contributed by atoms with Crippen molar-refractivity contribution in [3.05, 3.63) is 40.3 Å². The molecule has 6 rings (SSSR count). The van der Waals surface area contributed by atoms with Crippen LogP contribution >= 0.6 is 0 Å². The highest BCUT2D eigenvalue weighted by molar-refractivity contribution is 6.04. The summed E-state index contributed by atoms with van der Waals surface area (Å²) >= 11 is 0. The Kier molecular flexibility index (Phi) is 7.52. The number of likely N-dealkylation sites (N-methyl/N-ethyl adjacent to an activating group) is 1. The van der Waals surface area contributed by atoms with Crippen LogP contribution in [0.5, 0.6) is 0 Å². The van der Waals surface area contributed by atoms with Gasteiger partial charge in [0.25, 0.3) is 5.56 Å². The van der Waals surface area contributed by atoms with Crippen LogP contribution in [0.3, 0.4) is 0 Å². The van der Waals surface area contributed by atoms with E-state index in [2.05, 4.69) is 27.9 Å². The first kappa shape index (κ1) is 27.4. The number of carbonyl (C=O) groups is 2. The smallest absolute Gasteiger partial charge is 0.404 e. The quantitative estimate of drug-likeness (QED) is 0.417. The number of urea groups is 1. The normalized spacial score (nSPS) is 22.2. The van der Waals surface area contributed by atoms with Crippen molar-refractivity contribution in [3.63, 3.8) is 0 Å². The van der Waals surface area contributed by atoms with Gasteiger partial charge in [-0.25, -0.2) is 14.6 Å². The van der Waals surface area contributed by atoms with E-state index in [-0.39, 0.29) is 23.7 Å². The fourth-order valence-corrected chi connectivity index (χ4v) is 6.21. The third kappa shape index (κ3) is 5.84. The summed E-state index contributed by atoms with van der Waals surface area (Å²) in [6.07, 6.45) is 5.18. The monoisotopic (exact) mass is 562 g/mol. The molecule has 3 aromatic rings. The van der Waals surface area contributed by atoms with Gasteiger partial charge >= 0.3 is 12.1 Å². The van der Waals surface area contributed by atoms with Crippen molar-refractivity contribution in [2.24, 2.45) is 17.4 Å². The summed E-state index contributed by atoms with van der Waals surface area (Å²) in [6, 6.07) is 5.31. The summed E-state index contributed by atoms with van der Waals surface area (Å²) in [4.78, 5) is 53.4. The topological polar surface area (TPSA) is 153 Å².